The number of hydrogen-bond acceptors (Lipinski definition) is 2. The predicted octanol–water partition coefficient (Wildman–Crippen LogP) is 1.19. The molecule has 0 fully saturated rings. The van der Waals surface area contributed by atoms with E-state index in [2.05, 4.69) is 26.2 Å². The summed E-state index contributed by atoms with van der Waals surface area (Å²) in [6.07, 6.45) is 4.96. The zero-order valence-electron chi connectivity index (χ0n) is 10.5. The van der Waals surface area contributed by atoms with Gasteiger partial charge in [-0.3, -0.25) is 4.79 Å². The van der Waals surface area contributed by atoms with Crippen LogP contribution in [0, 0.1) is 0 Å². The number of carbonyl (C=O) groups is 2. The lowest BCUT2D eigenvalue weighted by atomic mass is 10.3. The molecule has 3 N–H and O–H groups in total. The first kappa shape index (κ1) is 14.3. The summed E-state index contributed by atoms with van der Waals surface area (Å²) in [6.45, 7) is 0.901. The normalized spacial score (nSPS) is 10.2. The lowest BCUT2D eigenvalue weighted by molar-refractivity contribution is -0.695. The van der Waals surface area contributed by atoms with Gasteiger partial charge >= 0.3 is 5.97 Å². The van der Waals surface area contributed by atoms with E-state index >= 15 is 0 Å². The molecule has 0 aliphatic carbocycles. The van der Waals surface area contributed by atoms with Crippen molar-refractivity contribution in [3.63, 3.8) is 0 Å². The predicted molar refractivity (Wildman–Crippen MR) is 74.4 cm³/mol. The molecule has 0 atom stereocenters. The van der Waals surface area contributed by atoms with E-state index < -0.39 is 5.97 Å². The monoisotopic (exact) mass is 338 g/mol. The molecule has 2 aromatic rings. The van der Waals surface area contributed by atoms with Crippen LogP contribution in [-0.4, -0.2) is 28.5 Å². The number of carboxylic acids is 1. The van der Waals surface area contributed by atoms with Crippen molar-refractivity contribution in [1.29, 1.82) is 0 Å². The lowest BCUT2D eigenvalue weighted by Crippen LogP contribution is -2.40. The minimum atomic E-state index is -0.973. The van der Waals surface area contributed by atoms with Crippen molar-refractivity contribution < 1.29 is 19.3 Å². The van der Waals surface area contributed by atoms with E-state index in [1.54, 1.807) is 29.1 Å². The second-order valence-electron chi connectivity index (χ2n) is 4.12. The first-order valence-electron chi connectivity index (χ1n) is 5.91. The van der Waals surface area contributed by atoms with Crippen LogP contribution in [-0.2, 0) is 6.54 Å². The summed E-state index contributed by atoms with van der Waals surface area (Å²) in [5.74, 6) is -1.18. The molecule has 20 heavy (non-hydrogen) atoms. The number of nitrogens with one attached hydrogen (secondary N) is 2. The number of rotatable bonds is 5. The Kier molecular flexibility index (Phi) is 4.52. The van der Waals surface area contributed by atoms with Crippen molar-refractivity contribution >= 4 is 27.8 Å². The molecule has 6 nitrogen and oxygen atoms in total. The number of carbonyl (C=O) groups excluding carboxylic acids is 1. The molecule has 1 amide bonds. The molecule has 0 bridgehead atoms. The van der Waals surface area contributed by atoms with Crippen LogP contribution >= 0.6 is 15.9 Å². The van der Waals surface area contributed by atoms with E-state index in [4.69, 9.17) is 5.11 Å². The molecule has 0 aliphatic heterocycles. The van der Waals surface area contributed by atoms with Gasteiger partial charge in [0.2, 0.25) is 0 Å². The van der Waals surface area contributed by atoms with Crippen LogP contribution < -0.4 is 9.88 Å². The maximum atomic E-state index is 11.8. The van der Waals surface area contributed by atoms with Crippen LogP contribution in [0.3, 0.4) is 0 Å². The second-order valence-corrected chi connectivity index (χ2v) is 5.04. The molecule has 0 spiro atoms. The van der Waals surface area contributed by atoms with Gasteiger partial charge in [0.1, 0.15) is 11.3 Å². The van der Waals surface area contributed by atoms with E-state index in [-0.39, 0.29) is 11.5 Å². The maximum Gasteiger partial charge on any atom is 0.341 e. The summed E-state index contributed by atoms with van der Waals surface area (Å²) in [5.41, 5.74) is 0.688. The Morgan fingerprint density at radius 3 is 2.90 bits per heavy atom. The molecule has 0 aliphatic rings. The van der Waals surface area contributed by atoms with Crippen LogP contribution in [0.25, 0.3) is 0 Å². The Morgan fingerprint density at radius 1 is 1.45 bits per heavy atom. The zero-order valence-corrected chi connectivity index (χ0v) is 12.1. The SMILES string of the molecule is O=C(O)c1ccc[n+](CCNC(=O)c2cc(Br)c[nH]2)c1. The van der Waals surface area contributed by atoms with Crippen LogP contribution in [0.4, 0.5) is 0 Å². The summed E-state index contributed by atoms with van der Waals surface area (Å²) in [6, 6.07) is 4.87. The van der Waals surface area contributed by atoms with Crippen LogP contribution in [0.5, 0.6) is 0 Å². The smallest absolute Gasteiger partial charge is 0.341 e. The van der Waals surface area contributed by atoms with Gasteiger partial charge in [0.05, 0.1) is 6.54 Å². The topological polar surface area (TPSA) is 86.1 Å². The van der Waals surface area contributed by atoms with Gasteiger partial charge < -0.3 is 15.4 Å². The Balaban J connectivity index is 1.88. The summed E-state index contributed by atoms with van der Waals surface area (Å²) in [4.78, 5) is 25.4. The molecule has 2 heterocycles. The average molecular weight is 339 g/mol. The van der Waals surface area contributed by atoms with Crippen molar-refractivity contribution in [2.45, 2.75) is 6.54 Å². The van der Waals surface area contributed by atoms with Crippen molar-refractivity contribution in [2.24, 2.45) is 0 Å². The molecule has 0 radical (unpaired) electrons. The van der Waals surface area contributed by atoms with Gasteiger partial charge in [-0.2, -0.15) is 0 Å². The number of halogens is 1. The van der Waals surface area contributed by atoms with E-state index in [0.29, 0.717) is 18.8 Å². The quantitative estimate of drug-likeness (QED) is 0.716. The molecule has 2 aromatic heterocycles. The Bertz CT molecular complexity index is 639. The largest absolute Gasteiger partial charge is 0.477 e. The molecule has 7 heteroatoms. The highest BCUT2D eigenvalue weighted by atomic mass is 79.9. The Hall–Kier alpha value is -2.15. The third kappa shape index (κ3) is 3.67. The highest BCUT2D eigenvalue weighted by Crippen LogP contribution is 2.09. The number of hydrogen-bond donors (Lipinski definition) is 3. The van der Waals surface area contributed by atoms with Gasteiger partial charge in [0.25, 0.3) is 5.91 Å². The molecule has 2 rings (SSSR count). The van der Waals surface area contributed by atoms with Gasteiger partial charge in [0.15, 0.2) is 18.9 Å². The fourth-order valence-corrected chi connectivity index (χ4v) is 2.02. The number of H-pyrrole nitrogens is 1. The van der Waals surface area contributed by atoms with E-state index in [1.165, 1.54) is 12.3 Å². The Morgan fingerprint density at radius 2 is 2.25 bits per heavy atom. The van der Waals surface area contributed by atoms with Gasteiger partial charge in [-0.15, -0.1) is 0 Å². The zero-order chi connectivity index (χ0) is 14.5. The second kappa shape index (κ2) is 6.33. The highest BCUT2D eigenvalue weighted by molar-refractivity contribution is 9.10. The average Bonchev–Trinajstić information content (AvgIpc) is 2.86. The third-order valence-corrected chi connectivity index (χ3v) is 3.11. The summed E-state index contributed by atoms with van der Waals surface area (Å²) in [5, 5.41) is 11.6. The number of carboxylic acid groups (broad SMARTS) is 1. The molecule has 0 aromatic carbocycles. The van der Waals surface area contributed by atoms with Crippen molar-refractivity contribution in [3.8, 4) is 0 Å². The standard InChI is InChI=1S/C13H12BrN3O3/c14-10-6-11(16-7-10)12(18)15-3-5-17-4-1-2-9(8-17)13(19)20/h1-2,4,6-8H,3,5H2,(H2-,15,16,18,19,20)/p+1. The first-order valence-corrected chi connectivity index (χ1v) is 6.70. The van der Waals surface area contributed by atoms with Crippen molar-refractivity contribution in [3.05, 3.63) is 52.5 Å². The van der Waals surface area contributed by atoms with Gasteiger partial charge in [-0.25, -0.2) is 9.36 Å². The lowest BCUT2D eigenvalue weighted by Gasteiger charge is -2.01. The molecular formula is C13H13BrN3O3+. The maximum absolute atomic E-state index is 11.8. The number of aromatic carboxylic acids is 1. The van der Waals surface area contributed by atoms with E-state index in [1.807, 2.05) is 0 Å². The van der Waals surface area contributed by atoms with E-state index in [9.17, 15) is 9.59 Å². The van der Waals surface area contributed by atoms with Crippen LogP contribution in [0.15, 0.2) is 41.3 Å². The van der Waals surface area contributed by atoms with Crippen LogP contribution in [0.2, 0.25) is 0 Å². The fraction of sp³-hybridized carbons (Fsp3) is 0.154. The molecule has 104 valence electrons. The summed E-state index contributed by atoms with van der Waals surface area (Å²) in [7, 11) is 0. The summed E-state index contributed by atoms with van der Waals surface area (Å²) < 4.78 is 2.53. The first-order chi connectivity index (χ1) is 9.56. The highest BCUT2D eigenvalue weighted by Gasteiger charge is 2.10. The Labute approximate surface area is 123 Å². The van der Waals surface area contributed by atoms with Gasteiger partial charge in [-0.05, 0) is 28.1 Å². The molecule has 0 saturated carbocycles. The van der Waals surface area contributed by atoms with Crippen molar-refractivity contribution in [2.75, 3.05) is 6.54 Å². The van der Waals surface area contributed by atoms with Gasteiger partial charge in [-0.1, -0.05) is 0 Å². The number of pyridine rings is 1. The number of nitrogens with zero attached hydrogens (tertiary/aromatic N) is 1. The van der Waals surface area contributed by atoms with Crippen molar-refractivity contribution in [1.82, 2.24) is 10.3 Å². The molecular weight excluding hydrogens is 326 g/mol. The molecule has 0 unspecified atom stereocenters. The van der Waals surface area contributed by atoms with Crippen LogP contribution in [0.1, 0.15) is 20.8 Å². The molecule has 0 saturated heterocycles. The van der Waals surface area contributed by atoms with Gasteiger partial charge in [0, 0.05) is 16.7 Å². The summed E-state index contributed by atoms with van der Waals surface area (Å²) >= 11 is 3.26. The number of aromatic amines is 1. The van der Waals surface area contributed by atoms with E-state index in [0.717, 1.165) is 4.47 Å². The third-order valence-electron chi connectivity index (χ3n) is 2.65. The fourth-order valence-electron chi connectivity index (χ4n) is 1.68. The number of amides is 1. The number of aromatic nitrogens is 2. The minimum absolute atomic E-state index is 0.203. The minimum Gasteiger partial charge on any atom is -0.477 e.